The van der Waals surface area contributed by atoms with Crippen LogP contribution in [-0.4, -0.2) is 41.4 Å². The summed E-state index contributed by atoms with van der Waals surface area (Å²) in [7, 11) is 3.27. The van der Waals surface area contributed by atoms with Gasteiger partial charge < -0.3 is 14.4 Å². The smallest absolute Gasteiger partial charge is 0.247 e. The van der Waals surface area contributed by atoms with Gasteiger partial charge in [-0.05, 0) is 38.0 Å². The molecule has 7 heteroatoms. The zero-order valence-electron chi connectivity index (χ0n) is 14.6. The van der Waals surface area contributed by atoms with E-state index < -0.39 is 6.04 Å². The Morgan fingerprint density at radius 2 is 2.16 bits per heavy atom. The van der Waals surface area contributed by atoms with E-state index in [1.54, 1.807) is 25.1 Å². The second kappa shape index (κ2) is 7.35. The SMILES string of the molecule is COc1ccc(OC)c([C@@H]2CCCN2C(=O)[C@@H](C)n2cc(Cl)cn2)c1. The first kappa shape index (κ1) is 17.6. The Morgan fingerprint density at radius 1 is 1.36 bits per heavy atom. The molecule has 0 unspecified atom stereocenters. The lowest BCUT2D eigenvalue weighted by Crippen LogP contribution is -2.36. The normalized spacial score (nSPS) is 18.2. The molecular weight excluding hydrogens is 342 g/mol. The fourth-order valence-electron chi connectivity index (χ4n) is 3.33. The van der Waals surface area contributed by atoms with Crippen LogP contribution in [0, 0.1) is 0 Å². The number of rotatable bonds is 5. The third kappa shape index (κ3) is 3.44. The maximum Gasteiger partial charge on any atom is 0.247 e. The van der Waals surface area contributed by atoms with Crippen molar-refractivity contribution >= 4 is 17.5 Å². The predicted molar refractivity (Wildman–Crippen MR) is 95.2 cm³/mol. The van der Waals surface area contributed by atoms with Crippen LogP contribution in [0.5, 0.6) is 11.5 Å². The quantitative estimate of drug-likeness (QED) is 0.816. The number of aromatic nitrogens is 2. The molecule has 134 valence electrons. The molecule has 2 atom stereocenters. The van der Waals surface area contributed by atoms with Crippen molar-refractivity contribution in [3.63, 3.8) is 0 Å². The second-order valence-corrected chi connectivity index (χ2v) is 6.55. The Morgan fingerprint density at radius 3 is 2.80 bits per heavy atom. The van der Waals surface area contributed by atoms with Crippen molar-refractivity contribution in [2.75, 3.05) is 20.8 Å². The molecule has 0 N–H and O–H groups in total. The van der Waals surface area contributed by atoms with Crippen LogP contribution < -0.4 is 9.47 Å². The van der Waals surface area contributed by atoms with E-state index >= 15 is 0 Å². The Hall–Kier alpha value is -2.21. The molecule has 0 aliphatic carbocycles. The molecule has 0 spiro atoms. The van der Waals surface area contributed by atoms with Crippen molar-refractivity contribution in [2.45, 2.75) is 31.8 Å². The highest BCUT2D eigenvalue weighted by atomic mass is 35.5. The zero-order valence-corrected chi connectivity index (χ0v) is 15.4. The lowest BCUT2D eigenvalue weighted by molar-refractivity contribution is -0.135. The number of amides is 1. The van der Waals surface area contributed by atoms with Crippen LogP contribution in [0.4, 0.5) is 0 Å². The van der Waals surface area contributed by atoms with Gasteiger partial charge in [0.1, 0.15) is 17.5 Å². The molecule has 0 bridgehead atoms. The van der Waals surface area contributed by atoms with Crippen molar-refractivity contribution in [2.24, 2.45) is 0 Å². The summed E-state index contributed by atoms with van der Waals surface area (Å²) >= 11 is 5.93. The lowest BCUT2D eigenvalue weighted by atomic mass is 10.0. The summed E-state index contributed by atoms with van der Waals surface area (Å²) in [6.07, 6.45) is 5.05. The molecule has 1 aromatic heterocycles. The molecule has 1 saturated heterocycles. The number of benzene rings is 1. The van der Waals surface area contributed by atoms with E-state index in [1.807, 2.05) is 30.0 Å². The minimum atomic E-state index is -0.412. The van der Waals surface area contributed by atoms with Gasteiger partial charge in [-0.2, -0.15) is 5.10 Å². The summed E-state index contributed by atoms with van der Waals surface area (Å²) in [5.74, 6) is 1.54. The number of halogens is 1. The first-order valence-corrected chi connectivity index (χ1v) is 8.65. The monoisotopic (exact) mass is 363 g/mol. The van der Waals surface area contributed by atoms with Gasteiger partial charge in [-0.25, -0.2) is 0 Å². The van der Waals surface area contributed by atoms with Crippen LogP contribution in [0.25, 0.3) is 0 Å². The fraction of sp³-hybridized carbons (Fsp3) is 0.444. The third-order valence-electron chi connectivity index (χ3n) is 4.66. The largest absolute Gasteiger partial charge is 0.497 e. The van der Waals surface area contributed by atoms with Gasteiger partial charge in [0, 0.05) is 18.3 Å². The molecule has 2 aromatic rings. The minimum Gasteiger partial charge on any atom is -0.497 e. The van der Waals surface area contributed by atoms with Crippen LogP contribution in [-0.2, 0) is 4.79 Å². The van der Waals surface area contributed by atoms with Gasteiger partial charge in [0.05, 0.1) is 31.5 Å². The molecule has 0 radical (unpaired) electrons. The van der Waals surface area contributed by atoms with E-state index in [-0.39, 0.29) is 11.9 Å². The molecule has 1 fully saturated rings. The number of likely N-dealkylation sites (tertiary alicyclic amines) is 1. The van der Waals surface area contributed by atoms with Crippen LogP contribution in [0.2, 0.25) is 5.02 Å². The molecule has 1 amide bonds. The third-order valence-corrected chi connectivity index (χ3v) is 4.85. The maximum atomic E-state index is 13.0. The molecule has 2 heterocycles. The van der Waals surface area contributed by atoms with Gasteiger partial charge in [-0.3, -0.25) is 9.48 Å². The first-order valence-electron chi connectivity index (χ1n) is 8.27. The van der Waals surface area contributed by atoms with Crippen molar-refractivity contribution in [3.8, 4) is 11.5 Å². The number of ether oxygens (including phenoxy) is 2. The molecule has 1 aliphatic heterocycles. The highest BCUT2D eigenvalue weighted by molar-refractivity contribution is 6.30. The van der Waals surface area contributed by atoms with E-state index in [1.165, 1.54) is 6.20 Å². The standard InChI is InChI=1S/C18H22ClN3O3/c1-12(22-11-13(19)10-20-22)18(23)21-8-4-5-16(21)15-9-14(24-2)6-7-17(15)25-3/h6-7,9-12,16H,4-5,8H2,1-3H3/t12-,16+/m1/s1. The van der Waals surface area contributed by atoms with Gasteiger partial charge in [-0.15, -0.1) is 0 Å². The van der Waals surface area contributed by atoms with Crippen molar-refractivity contribution in [3.05, 3.63) is 41.2 Å². The van der Waals surface area contributed by atoms with Gasteiger partial charge in [0.15, 0.2) is 0 Å². The lowest BCUT2D eigenvalue weighted by Gasteiger charge is -2.29. The van der Waals surface area contributed by atoms with E-state index in [4.69, 9.17) is 21.1 Å². The number of carbonyl (C=O) groups excluding carboxylic acids is 1. The summed E-state index contributed by atoms with van der Waals surface area (Å²) in [6.45, 7) is 2.55. The number of hydrogen-bond acceptors (Lipinski definition) is 4. The number of carbonyl (C=O) groups is 1. The minimum absolute atomic E-state index is 0.0205. The highest BCUT2D eigenvalue weighted by Gasteiger charge is 2.35. The predicted octanol–water partition coefficient (Wildman–Crippen LogP) is 3.48. The molecule has 6 nitrogen and oxygen atoms in total. The average Bonchev–Trinajstić information content (AvgIpc) is 3.28. The zero-order chi connectivity index (χ0) is 18.0. The van der Waals surface area contributed by atoms with Crippen LogP contribution in [0.1, 0.15) is 37.4 Å². The molecule has 1 aliphatic rings. The molecule has 0 saturated carbocycles. The first-order chi connectivity index (χ1) is 12.0. The maximum absolute atomic E-state index is 13.0. The summed E-state index contributed by atoms with van der Waals surface area (Å²) < 4.78 is 12.4. The van der Waals surface area contributed by atoms with E-state index in [9.17, 15) is 4.79 Å². The van der Waals surface area contributed by atoms with E-state index in [0.29, 0.717) is 11.6 Å². The summed E-state index contributed by atoms with van der Waals surface area (Å²) in [6, 6.07) is 5.24. The van der Waals surface area contributed by atoms with Crippen LogP contribution in [0.15, 0.2) is 30.6 Å². The van der Waals surface area contributed by atoms with Crippen LogP contribution in [0.3, 0.4) is 0 Å². The molecule has 3 rings (SSSR count). The summed E-state index contributed by atoms with van der Waals surface area (Å²) in [5, 5.41) is 4.68. The summed E-state index contributed by atoms with van der Waals surface area (Å²) in [4.78, 5) is 14.9. The van der Waals surface area contributed by atoms with E-state index in [0.717, 1.165) is 29.9 Å². The van der Waals surface area contributed by atoms with Crippen molar-refractivity contribution in [1.82, 2.24) is 14.7 Å². The molecular formula is C18H22ClN3O3. The van der Waals surface area contributed by atoms with E-state index in [2.05, 4.69) is 5.10 Å². The molecule has 25 heavy (non-hydrogen) atoms. The fourth-order valence-corrected chi connectivity index (χ4v) is 3.48. The highest BCUT2D eigenvalue weighted by Crippen LogP contribution is 2.39. The number of hydrogen-bond donors (Lipinski definition) is 0. The topological polar surface area (TPSA) is 56.6 Å². The van der Waals surface area contributed by atoms with Crippen molar-refractivity contribution in [1.29, 1.82) is 0 Å². The van der Waals surface area contributed by atoms with Gasteiger partial charge in [-0.1, -0.05) is 11.6 Å². The Labute approximate surface area is 152 Å². The van der Waals surface area contributed by atoms with Gasteiger partial charge in [0.2, 0.25) is 5.91 Å². The Bertz CT molecular complexity index is 762. The number of nitrogens with zero attached hydrogens (tertiary/aromatic N) is 3. The summed E-state index contributed by atoms with van der Waals surface area (Å²) in [5.41, 5.74) is 0.971. The second-order valence-electron chi connectivity index (χ2n) is 6.11. The van der Waals surface area contributed by atoms with Gasteiger partial charge >= 0.3 is 0 Å². The van der Waals surface area contributed by atoms with Crippen molar-refractivity contribution < 1.29 is 14.3 Å². The van der Waals surface area contributed by atoms with Gasteiger partial charge in [0.25, 0.3) is 0 Å². The Balaban J connectivity index is 1.89. The average molecular weight is 364 g/mol. The van der Waals surface area contributed by atoms with Crippen LogP contribution >= 0.6 is 11.6 Å². The Kier molecular flexibility index (Phi) is 5.18. The molecule has 1 aromatic carbocycles. The number of methoxy groups -OCH3 is 2.